The van der Waals surface area contributed by atoms with Crippen LogP contribution in [0, 0.1) is 25.2 Å². The van der Waals surface area contributed by atoms with Gasteiger partial charge in [0.1, 0.15) is 22.4 Å². The van der Waals surface area contributed by atoms with Gasteiger partial charge in [-0.15, -0.1) is 11.3 Å². The number of thiophene rings is 1. The summed E-state index contributed by atoms with van der Waals surface area (Å²) in [5, 5.41) is 12.3. The van der Waals surface area contributed by atoms with Gasteiger partial charge in [0, 0.05) is 4.88 Å². The molecule has 0 radical (unpaired) electrons. The van der Waals surface area contributed by atoms with Crippen molar-refractivity contribution in [2.45, 2.75) is 13.8 Å². The average molecular weight is 370 g/mol. The number of carbonyl (C=O) groups excluding carboxylic acids is 2. The SMILES string of the molecule is COC(=O)c1c(NC(=O)/C(C#N)=C\c2ccc(OC)cc2)sc(C)c1C. The molecule has 0 saturated heterocycles. The zero-order valence-corrected chi connectivity index (χ0v) is 15.7. The van der Waals surface area contributed by atoms with Crippen LogP contribution < -0.4 is 10.1 Å². The second-order valence-electron chi connectivity index (χ2n) is 5.38. The highest BCUT2D eigenvalue weighted by Gasteiger charge is 2.22. The predicted octanol–water partition coefficient (Wildman–Crippen LogP) is 3.71. The fraction of sp³-hybridized carbons (Fsp3) is 0.211. The van der Waals surface area contributed by atoms with E-state index in [2.05, 4.69) is 5.32 Å². The molecule has 0 bridgehead atoms. The molecule has 0 aliphatic heterocycles. The molecule has 2 aromatic rings. The molecule has 6 nitrogen and oxygen atoms in total. The summed E-state index contributed by atoms with van der Waals surface area (Å²) in [5.74, 6) is -0.438. The summed E-state index contributed by atoms with van der Waals surface area (Å²) in [4.78, 5) is 25.4. The van der Waals surface area contributed by atoms with Crippen LogP contribution >= 0.6 is 11.3 Å². The Bertz CT molecular complexity index is 905. The van der Waals surface area contributed by atoms with Crippen molar-refractivity contribution < 1.29 is 19.1 Å². The highest BCUT2D eigenvalue weighted by molar-refractivity contribution is 7.16. The molecule has 0 saturated carbocycles. The lowest BCUT2D eigenvalue weighted by atomic mass is 10.1. The quantitative estimate of drug-likeness (QED) is 0.492. The largest absolute Gasteiger partial charge is 0.497 e. The predicted molar refractivity (Wildman–Crippen MR) is 100 cm³/mol. The topological polar surface area (TPSA) is 88.4 Å². The Hall–Kier alpha value is -3.11. The van der Waals surface area contributed by atoms with Gasteiger partial charge in [-0.3, -0.25) is 4.79 Å². The fourth-order valence-electron chi connectivity index (χ4n) is 2.25. The maximum absolute atomic E-state index is 12.5. The van der Waals surface area contributed by atoms with E-state index in [-0.39, 0.29) is 5.57 Å². The minimum absolute atomic E-state index is 0.0744. The number of carbonyl (C=O) groups is 2. The summed E-state index contributed by atoms with van der Waals surface area (Å²) >= 11 is 1.27. The van der Waals surface area contributed by atoms with Gasteiger partial charge in [-0.05, 0) is 43.2 Å². The highest BCUT2D eigenvalue weighted by atomic mass is 32.1. The first-order chi connectivity index (χ1) is 12.4. The third-order valence-corrected chi connectivity index (χ3v) is 4.92. The Kier molecular flexibility index (Phi) is 6.15. The molecule has 0 atom stereocenters. The number of nitrogens with zero attached hydrogens (tertiary/aromatic N) is 1. The lowest BCUT2D eigenvalue weighted by Gasteiger charge is -2.06. The number of aryl methyl sites for hydroxylation is 1. The summed E-state index contributed by atoms with van der Waals surface area (Å²) in [5.41, 5.74) is 1.67. The van der Waals surface area contributed by atoms with Crippen LogP contribution in [0.15, 0.2) is 29.8 Å². The van der Waals surface area contributed by atoms with Crippen molar-refractivity contribution in [2.24, 2.45) is 0 Å². The van der Waals surface area contributed by atoms with Crippen molar-refractivity contribution in [2.75, 3.05) is 19.5 Å². The van der Waals surface area contributed by atoms with Crippen LogP contribution in [0.3, 0.4) is 0 Å². The number of hydrogen-bond donors (Lipinski definition) is 1. The molecule has 0 unspecified atom stereocenters. The molecule has 7 heteroatoms. The van der Waals surface area contributed by atoms with Crippen molar-refractivity contribution in [1.82, 2.24) is 0 Å². The number of esters is 1. The smallest absolute Gasteiger partial charge is 0.341 e. The Labute approximate surface area is 155 Å². The lowest BCUT2D eigenvalue weighted by Crippen LogP contribution is -2.15. The molecule has 1 amide bonds. The monoisotopic (exact) mass is 370 g/mol. The minimum atomic E-state index is -0.588. The zero-order valence-electron chi connectivity index (χ0n) is 14.9. The number of methoxy groups -OCH3 is 2. The first-order valence-corrected chi connectivity index (χ1v) is 8.48. The van der Waals surface area contributed by atoms with Gasteiger partial charge in [0.2, 0.25) is 0 Å². The molecule has 0 fully saturated rings. The van der Waals surface area contributed by atoms with Gasteiger partial charge in [0.25, 0.3) is 5.91 Å². The molecule has 26 heavy (non-hydrogen) atoms. The number of ether oxygens (including phenoxy) is 2. The van der Waals surface area contributed by atoms with Crippen molar-refractivity contribution in [3.8, 4) is 11.8 Å². The van der Waals surface area contributed by atoms with Gasteiger partial charge in [0.05, 0.1) is 19.8 Å². The van der Waals surface area contributed by atoms with Crippen molar-refractivity contribution >= 4 is 34.3 Å². The molecule has 134 valence electrons. The van der Waals surface area contributed by atoms with E-state index in [4.69, 9.17) is 9.47 Å². The van der Waals surface area contributed by atoms with Gasteiger partial charge in [-0.1, -0.05) is 12.1 Å². The third-order valence-electron chi connectivity index (χ3n) is 3.79. The molecule has 1 N–H and O–H groups in total. The van der Waals surface area contributed by atoms with Crippen molar-refractivity contribution in [3.05, 3.63) is 51.4 Å². The molecule has 0 aliphatic rings. The van der Waals surface area contributed by atoms with Crippen LogP contribution in [0.4, 0.5) is 5.00 Å². The summed E-state index contributed by atoms with van der Waals surface area (Å²) in [6.45, 7) is 3.63. The highest BCUT2D eigenvalue weighted by Crippen LogP contribution is 2.33. The Balaban J connectivity index is 2.30. The van der Waals surface area contributed by atoms with E-state index in [1.165, 1.54) is 24.5 Å². The maximum atomic E-state index is 12.5. The van der Waals surface area contributed by atoms with E-state index in [1.54, 1.807) is 38.3 Å². The second-order valence-corrected chi connectivity index (χ2v) is 6.60. The molecular weight excluding hydrogens is 352 g/mol. The van der Waals surface area contributed by atoms with Crippen LogP contribution in [0.5, 0.6) is 5.75 Å². The van der Waals surface area contributed by atoms with Gasteiger partial charge in [-0.25, -0.2) is 4.79 Å². The van der Waals surface area contributed by atoms with Gasteiger partial charge in [0.15, 0.2) is 0 Å². The Morgan fingerprint density at radius 2 is 1.85 bits per heavy atom. The van der Waals surface area contributed by atoms with Crippen LogP contribution in [-0.2, 0) is 9.53 Å². The number of hydrogen-bond acceptors (Lipinski definition) is 6. The first kappa shape index (κ1) is 19.2. The van der Waals surface area contributed by atoms with Gasteiger partial charge >= 0.3 is 5.97 Å². The van der Waals surface area contributed by atoms with Crippen LogP contribution in [0.1, 0.15) is 26.4 Å². The number of benzene rings is 1. The van der Waals surface area contributed by atoms with E-state index >= 15 is 0 Å². The molecule has 0 spiro atoms. The Morgan fingerprint density at radius 3 is 2.38 bits per heavy atom. The van der Waals surface area contributed by atoms with Crippen molar-refractivity contribution in [1.29, 1.82) is 5.26 Å². The average Bonchev–Trinajstić information content (AvgIpc) is 2.93. The standard InChI is InChI=1S/C19H18N2O4S/c1-11-12(2)26-18(16(11)19(23)25-4)21-17(22)14(10-20)9-13-5-7-15(24-3)8-6-13/h5-9H,1-4H3,(H,21,22)/b14-9-. The number of rotatable bonds is 5. The third kappa shape index (κ3) is 4.10. The van der Waals surface area contributed by atoms with E-state index in [9.17, 15) is 14.9 Å². The molecule has 2 rings (SSSR count). The summed E-state index contributed by atoms with van der Waals surface area (Å²) in [6, 6.07) is 8.84. The second kappa shape index (κ2) is 8.32. The van der Waals surface area contributed by atoms with E-state index in [1.807, 2.05) is 13.0 Å². The van der Waals surface area contributed by atoms with Crippen LogP contribution in [0.2, 0.25) is 0 Å². The number of anilines is 1. The fourth-order valence-corrected chi connectivity index (χ4v) is 3.29. The van der Waals surface area contributed by atoms with Crippen molar-refractivity contribution in [3.63, 3.8) is 0 Å². The van der Waals surface area contributed by atoms with Crippen LogP contribution in [0.25, 0.3) is 6.08 Å². The molecule has 1 heterocycles. The van der Waals surface area contributed by atoms with E-state index in [0.717, 1.165) is 10.4 Å². The number of amides is 1. The van der Waals surface area contributed by atoms with Gasteiger partial charge < -0.3 is 14.8 Å². The Morgan fingerprint density at radius 1 is 1.19 bits per heavy atom. The zero-order chi connectivity index (χ0) is 19.3. The molecule has 1 aromatic carbocycles. The van der Waals surface area contributed by atoms with Gasteiger partial charge in [-0.2, -0.15) is 5.26 Å². The molecular formula is C19H18N2O4S. The maximum Gasteiger partial charge on any atom is 0.341 e. The normalized spacial score (nSPS) is 10.8. The minimum Gasteiger partial charge on any atom is -0.497 e. The summed E-state index contributed by atoms with van der Waals surface area (Å²) in [6.07, 6.45) is 1.47. The first-order valence-electron chi connectivity index (χ1n) is 7.66. The number of nitrogens with one attached hydrogen (secondary N) is 1. The summed E-state index contributed by atoms with van der Waals surface area (Å²) in [7, 11) is 2.84. The molecule has 1 aromatic heterocycles. The summed E-state index contributed by atoms with van der Waals surface area (Å²) < 4.78 is 9.86. The number of nitriles is 1. The van der Waals surface area contributed by atoms with Crippen LogP contribution in [-0.4, -0.2) is 26.1 Å². The molecule has 0 aliphatic carbocycles. The van der Waals surface area contributed by atoms with E-state index in [0.29, 0.717) is 21.9 Å². The van der Waals surface area contributed by atoms with E-state index < -0.39 is 11.9 Å². The lowest BCUT2D eigenvalue weighted by molar-refractivity contribution is -0.112.